The topological polar surface area (TPSA) is 75.6 Å². The van der Waals surface area contributed by atoms with Crippen molar-refractivity contribution in [1.29, 1.82) is 0 Å². The van der Waals surface area contributed by atoms with Gasteiger partial charge in [-0.3, -0.25) is 9.59 Å². The molecule has 2 rings (SSSR count). The third kappa shape index (κ3) is 5.13. The molecule has 1 aliphatic heterocycles. The highest BCUT2D eigenvalue weighted by atomic mass is 32.1. The molecule has 116 valence electrons. The molecule has 21 heavy (non-hydrogen) atoms. The lowest BCUT2D eigenvalue weighted by molar-refractivity contribution is -0.137. The van der Waals surface area contributed by atoms with Crippen molar-refractivity contribution in [3.63, 3.8) is 0 Å². The Labute approximate surface area is 128 Å². The number of amides is 1. The zero-order valence-corrected chi connectivity index (χ0v) is 12.9. The maximum Gasteiger partial charge on any atom is 0.305 e. The van der Waals surface area contributed by atoms with Gasteiger partial charge in [-0.2, -0.15) is 0 Å². The second kappa shape index (κ2) is 7.56. The number of rotatable bonds is 7. The van der Waals surface area contributed by atoms with E-state index in [-0.39, 0.29) is 24.5 Å². The number of nitrogens with one attached hydrogen (secondary N) is 1. The Bertz CT molecular complexity index is 474. The number of carboxylic acids is 1. The van der Waals surface area contributed by atoms with Crippen LogP contribution in [0.1, 0.15) is 49.9 Å². The van der Waals surface area contributed by atoms with Gasteiger partial charge in [0.15, 0.2) is 0 Å². The first-order valence-electron chi connectivity index (χ1n) is 7.24. The first-order valence-corrected chi connectivity index (χ1v) is 8.12. The van der Waals surface area contributed by atoms with E-state index in [2.05, 4.69) is 5.32 Å². The quantitative estimate of drug-likeness (QED) is 0.812. The SMILES string of the molecule is C[C@@H]1CC[C@@H](CCC(=O)N[C@H](CC(=O)O)c2cccs2)O1. The summed E-state index contributed by atoms with van der Waals surface area (Å²) in [6.45, 7) is 2.04. The third-order valence-corrected chi connectivity index (χ3v) is 4.60. The summed E-state index contributed by atoms with van der Waals surface area (Å²) in [5.74, 6) is -1.03. The Morgan fingerprint density at radius 2 is 2.33 bits per heavy atom. The molecule has 0 radical (unpaired) electrons. The molecule has 0 spiro atoms. The number of carbonyl (C=O) groups is 2. The highest BCUT2D eigenvalue weighted by molar-refractivity contribution is 7.10. The molecule has 5 nitrogen and oxygen atoms in total. The third-order valence-electron chi connectivity index (χ3n) is 3.61. The Hall–Kier alpha value is -1.40. The fraction of sp³-hybridized carbons (Fsp3) is 0.600. The Morgan fingerprint density at radius 3 is 2.90 bits per heavy atom. The molecule has 1 amide bonds. The van der Waals surface area contributed by atoms with E-state index in [1.807, 2.05) is 24.4 Å². The molecular weight excluding hydrogens is 290 g/mol. The number of carbonyl (C=O) groups excluding carboxylic acids is 1. The lowest BCUT2D eigenvalue weighted by Crippen LogP contribution is -2.30. The largest absolute Gasteiger partial charge is 0.481 e. The number of aliphatic carboxylic acids is 1. The van der Waals surface area contributed by atoms with Crippen LogP contribution in [0, 0.1) is 0 Å². The van der Waals surface area contributed by atoms with Gasteiger partial charge in [-0.25, -0.2) is 0 Å². The molecule has 2 heterocycles. The van der Waals surface area contributed by atoms with Gasteiger partial charge < -0.3 is 15.2 Å². The van der Waals surface area contributed by atoms with E-state index < -0.39 is 12.0 Å². The summed E-state index contributed by atoms with van der Waals surface area (Å²) in [5.41, 5.74) is 0. The predicted octanol–water partition coefficient (Wildman–Crippen LogP) is 2.73. The monoisotopic (exact) mass is 311 g/mol. The van der Waals surface area contributed by atoms with E-state index in [1.54, 1.807) is 0 Å². The van der Waals surface area contributed by atoms with Gasteiger partial charge in [0.1, 0.15) is 0 Å². The molecule has 0 saturated carbocycles. The molecule has 1 fully saturated rings. The van der Waals surface area contributed by atoms with E-state index in [4.69, 9.17) is 9.84 Å². The van der Waals surface area contributed by atoms with Crippen LogP contribution in [0.15, 0.2) is 17.5 Å². The van der Waals surface area contributed by atoms with Crippen LogP contribution in [0.25, 0.3) is 0 Å². The van der Waals surface area contributed by atoms with Gasteiger partial charge >= 0.3 is 5.97 Å². The first-order chi connectivity index (χ1) is 10.0. The molecule has 2 N–H and O–H groups in total. The van der Waals surface area contributed by atoms with Gasteiger partial charge in [0, 0.05) is 11.3 Å². The normalized spacial score (nSPS) is 22.9. The lowest BCUT2D eigenvalue weighted by atomic mass is 10.1. The number of ether oxygens (including phenoxy) is 1. The van der Waals surface area contributed by atoms with Crippen molar-refractivity contribution in [3.05, 3.63) is 22.4 Å². The summed E-state index contributed by atoms with van der Waals surface area (Å²) in [6.07, 6.45) is 3.46. The minimum atomic E-state index is -0.915. The summed E-state index contributed by atoms with van der Waals surface area (Å²) in [4.78, 5) is 23.8. The maximum atomic E-state index is 12.0. The summed E-state index contributed by atoms with van der Waals surface area (Å²) in [5, 5.41) is 13.7. The summed E-state index contributed by atoms with van der Waals surface area (Å²) < 4.78 is 5.68. The molecule has 1 aromatic rings. The molecule has 1 saturated heterocycles. The van der Waals surface area contributed by atoms with Crippen molar-refractivity contribution in [2.24, 2.45) is 0 Å². The van der Waals surface area contributed by atoms with Crippen molar-refractivity contribution in [1.82, 2.24) is 5.32 Å². The number of hydrogen-bond donors (Lipinski definition) is 2. The van der Waals surface area contributed by atoms with Crippen molar-refractivity contribution < 1.29 is 19.4 Å². The van der Waals surface area contributed by atoms with Crippen molar-refractivity contribution in [3.8, 4) is 0 Å². The van der Waals surface area contributed by atoms with E-state index in [9.17, 15) is 9.59 Å². The van der Waals surface area contributed by atoms with Gasteiger partial charge in [0.2, 0.25) is 5.91 Å². The van der Waals surface area contributed by atoms with Crippen LogP contribution in [0.3, 0.4) is 0 Å². The molecule has 6 heteroatoms. The molecular formula is C15H21NO4S. The van der Waals surface area contributed by atoms with Crippen LogP contribution in [0.2, 0.25) is 0 Å². The van der Waals surface area contributed by atoms with Crippen molar-refractivity contribution >= 4 is 23.2 Å². The number of carboxylic acid groups (broad SMARTS) is 1. The van der Waals surface area contributed by atoms with Crippen LogP contribution in [-0.2, 0) is 14.3 Å². The van der Waals surface area contributed by atoms with Crippen molar-refractivity contribution in [2.75, 3.05) is 0 Å². The lowest BCUT2D eigenvalue weighted by Gasteiger charge is -2.16. The van der Waals surface area contributed by atoms with Crippen molar-refractivity contribution in [2.45, 2.75) is 57.3 Å². The zero-order valence-electron chi connectivity index (χ0n) is 12.1. The molecule has 1 aliphatic rings. The first kappa shape index (κ1) is 16.0. The van der Waals surface area contributed by atoms with E-state index in [1.165, 1.54) is 11.3 Å². The molecule has 0 aromatic carbocycles. The van der Waals surface area contributed by atoms with Gasteiger partial charge in [-0.05, 0) is 37.6 Å². The smallest absolute Gasteiger partial charge is 0.305 e. The van der Waals surface area contributed by atoms with Gasteiger partial charge in [-0.1, -0.05) is 6.07 Å². The summed E-state index contributed by atoms with van der Waals surface area (Å²) in [6, 6.07) is 3.26. The highest BCUT2D eigenvalue weighted by Crippen LogP contribution is 2.24. The highest BCUT2D eigenvalue weighted by Gasteiger charge is 2.23. The van der Waals surface area contributed by atoms with Crippen LogP contribution in [0.5, 0.6) is 0 Å². The van der Waals surface area contributed by atoms with E-state index in [0.29, 0.717) is 12.8 Å². The van der Waals surface area contributed by atoms with E-state index >= 15 is 0 Å². The standard InChI is InChI=1S/C15H21NO4S/c1-10-4-5-11(20-10)6-7-14(17)16-12(9-15(18)19)13-3-2-8-21-13/h2-3,8,10-12H,4-7,9H2,1H3,(H,16,17)(H,18,19)/t10-,11+,12-/m1/s1. The minimum Gasteiger partial charge on any atom is -0.481 e. The van der Waals surface area contributed by atoms with Crippen LogP contribution >= 0.6 is 11.3 Å². The average Bonchev–Trinajstić information content (AvgIpc) is 3.06. The Kier molecular flexibility index (Phi) is 5.76. The molecule has 0 unspecified atom stereocenters. The Balaban J connectivity index is 1.82. The fourth-order valence-electron chi connectivity index (χ4n) is 2.54. The fourth-order valence-corrected chi connectivity index (χ4v) is 3.32. The maximum absolute atomic E-state index is 12.0. The number of hydrogen-bond acceptors (Lipinski definition) is 4. The average molecular weight is 311 g/mol. The van der Waals surface area contributed by atoms with Crippen LogP contribution in [-0.4, -0.2) is 29.2 Å². The molecule has 3 atom stereocenters. The predicted molar refractivity (Wildman–Crippen MR) is 80.3 cm³/mol. The summed E-state index contributed by atoms with van der Waals surface area (Å²) in [7, 11) is 0. The van der Waals surface area contributed by atoms with E-state index in [0.717, 1.165) is 17.7 Å². The van der Waals surface area contributed by atoms with Crippen LogP contribution < -0.4 is 5.32 Å². The molecule has 0 aliphatic carbocycles. The second-order valence-corrected chi connectivity index (χ2v) is 6.40. The second-order valence-electron chi connectivity index (χ2n) is 5.42. The van der Waals surface area contributed by atoms with Gasteiger partial charge in [0.25, 0.3) is 0 Å². The molecule has 1 aromatic heterocycles. The zero-order chi connectivity index (χ0) is 15.2. The minimum absolute atomic E-state index is 0.0940. The van der Waals surface area contributed by atoms with Gasteiger partial charge in [0.05, 0.1) is 24.7 Å². The number of thiophene rings is 1. The molecule has 0 bridgehead atoms. The Morgan fingerprint density at radius 1 is 1.52 bits per heavy atom. The van der Waals surface area contributed by atoms with Gasteiger partial charge in [-0.15, -0.1) is 11.3 Å². The summed E-state index contributed by atoms with van der Waals surface area (Å²) >= 11 is 1.46. The van der Waals surface area contributed by atoms with Crippen LogP contribution in [0.4, 0.5) is 0 Å².